The lowest BCUT2D eigenvalue weighted by atomic mass is 10.2. The number of carbonyl (C=O) groups is 2. The Hall–Kier alpha value is -3.22. The normalized spacial score (nSPS) is 11.2. The molecule has 1 aromatic heterocycles. The molecule has 7 nitrogen and oxygen atoms in total. The molecule has 26 heavy (non-hydrogen) atoms. The number of carbonyl (C=O) groups excluding carboxylic acids is 2. The number of nitrogens with zero attached hydrogens (tertiary/aromatic N) is 3. The summed E-state index contributed by atoms with van der Waals surface area (Å²) in [5.74, 6) is -0.801. The van der Waals surface area contributed by atoms with Crippen LogP contribution in [0.1, 0.15) is 17.0 Å². The molecule has 0 atom stereocenters. The van der Waals surface area contributed by atoms with Gasteiger partial charge >= 0.3 is 11.9 Å². The number of benzene rings is 1. The van der Waals surface area contributed by atoms with Gasteiger partial charge in [-0.05, 0) is 17.7 Å². The van der Waals surface area contributed by atoms with E-state index in [-0.39, 0.29) is 13.1 Å². The Morgan fingerprint density at radius 1 is 0.885 bits per heavy atom. The highest BCUT2D eigenvalue weighted by atomic mass is 16.5. The predicted octanol–water partition coefficient (Wildman–Crippen LogP) is 1.72. The third kappa shape index (κ3) is 5.70. The molecule has 0 aliphatic carbocycles. The fourth-order valence-corrected chi connectivity index (χ4v) is 2.23. The van der Waals surface area contributed by atoms with Crippen LogP contribution >= 0.6 is 0 Å². The van der Waals surface area contributed by atoms with Gasteiger partial charge in [-0.1, -0.05) is 30.3 Å². The fourth-order valence-electron chi connectivity index (χ4n) is 2.23. The van der Waals surface area contributed by atoms with Crippen LogP contribution in [0.15, 0.2) is 52.4 Å². The van der Waals surface area contributed by atoms with Crippen molar-refractivity contribution in [2.75, 3.05) is 27.3 Å². The Balaban J connectivity index is 2.23. The molecule has 1 aromatic carbocycles. The average Bonchev–Trinajstić information content (AvgIpc) is 3.04. The average molecular weight is 355 g/mol. The van der Waals surface area contributed by atoms with Crippen LogP contribution in [0.2, 0.25) is 0 Å². The molecule has 0 saturated carbocycles. The quantitative estimate of drug-likeness (QED) is 0.533. The van der Waals surface area contributed by atoms with Crippen molar-refractivity contribution in [2.45, 2.75) is 6.54 Å². The van der Waals surface area contributed by atoms with Crippen molar-refractivity contribution < 1.29 is 19.1 Å². The van der Waals surface area contributed by atoms with Gasteiger partial charge in [-0.25, -0.2) is 0 Å². The van der Waals surface area contributed by atoms with Crippen molar-refractivity contribution in [1.29, 1.82) is 0 Å². The molecule has 1 heterocycles. The van der Waals surface area contributed by atoms with Crippen molar-refractivity contribution in [1.82, 2.24) is 4.57 Å². The molecule has 2 rings (SSSR count). The van der Waals surface area contributed by atoms with Gasteiger partial charge in [-0.2, -0.15) is 0 Å². The number of aliphatic imine (C=N–C) groups is 2. The highest BCUT2D eigenvalue weighted by Crippen LogP contribution is 2.11. The van der Waals surface area contributed by atoms with E-state index in [2.05, 4.69) is 19.5 Å². The molecule has 0 unspecified atom stereocenters. The van der Waals surface area contributed by atoms with E-state index < -0.39 is 11.9 Å². The summed E-state index contributed by atoms with van der Waals surface area (Å²) in [6, 6.07) is 13.7. The molecule has 0 aliphatic rings. The molecule has 0 amide bonds. The van der Waals surface area contributed by atoms with Gasteiger partial charge in [0, 0.05) is 19.0 Å². The van der Waals surface area contributed by atoms with Gasteiger partial charge in [0.1, 0.15) is 13.1 Å². The van der Waals surface area contributed by atoms with Gasteiger partial charge in [-0.15, -0.1) is 0 Å². The summed E-state index contributed by atoms with van der Waals surface area (Å²) in [4.78, 5) is 30.6. The van der Waals surface area contributed by atoms with E-state index in [1.807, 2.05) is 47.0 Å². The van der Waals surface area contributed by atoms with Crippen molar-refractivity contribution in [3.63, 3.8) is 0 Å². The summed E-state index contributed by atoms with van der Waals surface area (Å²) >= 11 is 0. The van der Waals surface area contributed by atoms with E-state index in [9.17, 15) is 9.59 Å². The zero-order valence-corrected chi connectivity index (χ0v) is 14.8. The number of rotatable bonds is 8. The summed E-state index contributed by atoms with van der Waals surface area (Å²) in [6.45, 7) is 0.518. The SMILES string of the molecule is COC(=O)CN=Cc1ccc(C=NCC(=O)OC)n1Cc1ccccc1. The van der Waals surface area contributed by atoms with E-state index in [1.54, 1.807) is 12.4 Å². The Kier molecular flexibility index (Phi) is 7.30. The zero-order valence-electron chi connectivity index (χ0n) is 14.8. The van der Waals surface area contributed by atoms with E-state index in [4.69, 9.17) is 0 Å². The first-order valence-corrected chi connectivity index (χ1v) is 8.00. The summed E-state index contributed by atoms with van der Waals surface area (Å²) in [6.07, 6.45) is 3.25. The summed E-state index contributed by atoms with van der Waals surface area (Å²) in [7, 11) is 2.65. The molecule has 0 radical (unpaired) electrons. The number of aromatic nitrogens is 1. The molecule has 0 spiro atoms. The first-order valence-electron chi connectivity index (χ1n) is 8.00. The lowest BCUT2D eigenvalue weighted by molar-refractivity contribution is -0.139. The Labute approximate surface area is 152 Å². The maximum Gasteiger partial charge on any atom is 0.327 e. The maximum atomic E-state index is 11.2. The fraction of sp³-hybridized carbons (Fsp3) is 0.263. The zero-order chi connectivity index (χ0) is 18.8. The number of ether oxygens (including phenoxy) is 2. The van der Waals surface area contributed by atoms with Gasteiger partial charge in [0.2, 0.25) is 0 Å². The van der Waals surface area contributed by atoms with E-state index in [1.165, 1.54) is 14.2 Å². The second-order valence-electron chi connectivity index (χ2n) is 5.35. The van der Waals surface area contributed by atoms with Crippen LogP contribution in [0, 0.1) is 0 Å². The van der Waals surface area contributed by atoms with Gasteiger partial charge < -0.3 is 14.0 Å². The molecule has 0 bridgehead atoms. The monoisotopic (exact) mass is 355 g/mol. The first-order chi connectivity index (χ1) is 12.6. The van der Waals surface area contributed by atoms with Gasteiger partial charge in [0.15, 0.2) is 0 Å². The molecular formula is C19H21N3O4. The second kappa shape index (κ2) is 9.93. The maximum absolute atomic E-state index is 11.2. The van der Waals surface area contributed by atoms with Crippen LogP contribution in [0.3, 0.4) is 0 Å². The third-order valence-electron chi connectivity index (χ3n) is 3.57. The lowest BCUT2D eigenvalue weighted by Crippen LogP contribution is -2.10. The minimum absolute atomic E-state index is 0.0429. The Morgan fingerprint density at radius 2 is 1.38 bits per heavy atom. The van der Waals surface area contributed by atoms with Gasteiger partial charge in [-0.3, -0.25) is 19.6 Å². The first kappa shape index (κ1) is 19.1. The third-order valence-corrected chi connectivity index (χ3v) is 3.57. The number of esters is 2. The second-order valence-corrected chi connectivity index (χ2v) is 5.35. The molecule has 7 heteroatoms. The molecule has 0 fully saturated rings. The summed E-state index contributed by atoms with van der Waals surface area (Å²) in [5, 5.41) is 0. The highest BCUT2D eigenvalue weighted by molar-refractivity contribution is 5.86. The Bertz CT molecular complexity index is 749. The predicted molar refractivity (Wildman–Crippen MR) is 98.9 cm³/mol. The molecular weight excluding hydrogens is 334 g/mol. The molecule has 2 aromatic rings. The summed E-state index contributed by atoms with van der Waals surface area (Å²) < 4.78 is 11.2. The van der Waals surface area contributed by atoms with Crippen LogP contribution in [0.5, 0.6) is 0 Å². The summed E-state index contributed by atoms with van der Waals surface area (Å²) in [5.41, 5.74) is 2.74. The topological polar surface area (TPSA) is 82.2 Å². The van der Waals surface area contributed by atoms with Gasteiger partial charge in [0.25, 0.3) is 0 Å². The Morgan fingerprint density at radius 3 is 1.85 bits per heavy atom. The van der Waals surface area contributed by atoms with Crippen LogP contribution in [-0.4, -0.2) is 56.2 Å². The van der Waals surface area contributed by atoms with Crippen molar-refractivity contribution in [3.8, 4) is 0 Å². The van der Waals surface area contributed by atoms with Crippen molar-refractivity contribution in [3.05, 3.63) is 59.4 Å². The molecule has 0 saturated heterocycles. The smallest absolute Gasteiger partial charge is 0.327 e. The number of hydrogen-bond donors (Lipinski definition) is 0. The van der Waals surface area contributed by atoms with E-state index in [0.717, 1.165) is 17.0 Å². The molecule has 0 N–H and O–H groups in total. The van der Waals surface area contributed by atoms with Crippen LogP contribution in [0.25, 0.3) is 0 Å². The van der Waals surface area contributed by atoms with Crippen LogP contribution in [-0.2, 0) is 25.6 Å². The van der Waals surface area contributed by atoms with E-state index >= 15 is 0 Å². The van der Waals surface area contributed by atoms with Crippen molar-refractivity contribution in [2.24, 2.45) is 9.98 Å². The van der Waals surface area contributed by atoms with Crippen LogP contribution in [0.4, 0.5) is 0 Å². The standard InChI is InChI=1S/C19H21N3O4/c1-25-18(23)12-20-10-16-8-9-17(11-21-13-19(24)26-2)22(16)14-15-6-4-3-5-7-15/h3-11H,12-14H2,1-2H3. The molecule has 136 valence electrons. The number of methoxy groups -OCH3 is 2. The molecule has 0 aliphatic heterocycles. The minimum Gasteiger partial charge on any atom is -0.468 e. The largest absolute Gasteiger partial charge is 0.468 e. The van der Waals surface area contributed by atoms with Crippen LogP contribution < -0.4 is 0 Å². The highest BCUT2D eigenvalue weighted by Gasteiger charge is 2.07. The van der Waals surface area contributed by atoms with E-state index in [0.29, 0.717) is 6.54 Å². The lowest BCUT2D eigenvalue weighted by Gasteiger charge is -2.09. The van der Waals surface area contributed by atoms with Crippen molar-refractivity contribution >= 4 is 24.4 Å². The van der Waals surface area contributed by atoms with Gasteiger partial charge in [0.05, 0.1) is 25.6 Å². The number of hydrogen-bond acceptors (Lipinski definition) is 6. The minimum atomic E-state index is -0.401.